The maximum Gasteiger partial charge on any atom is 0.303 e. The van der Waals surface area contributed by atoms with Gasteiger partial charge in [-0.1, -0.05) is 12.8 Å². The fourth-order valence-corrected chi connectivity index (χ4v) is 4.02. The van der Waals surface area contributed by atoms with Gasteiger partial charge in [-0.3, -0.25) is 9.59 Å². The number of rotatable bonds is 7. The van der Waals surface area contributed by atoms with E-state index in [1.807, 2.05) is 12.3 Å². The predicted octanol–water partition coefficient (Wildman–Crippen LogP) is 3.22. The molecule has 1 heterocycles. The van der Waals surface area contributed by atoms with Crippen molar-refractivity contribution in [2.45, 2.75) is 57.9 Å². The van der Waals surface area contributed by atoms with Gasteiger partial charge in [0.25, 0.3) is 0 Å². The second-order valence-electron chi connectivity index (χ2n) is 6.26. The Kier molecular flexibility index (Phi) is 5.39. The lowest BCUT2D eigenvalue weighted by atomic mass is 9.79. The molecule has 5 heteroatoms. The summed E-state index contributed by atoms with van der Waals surface area (Å²) < 4.78 is 0. The van der Waals surface area contributed by atoms with E-state index in [0.29, 0.717) is 6.42 Å². The summed E-state index contributed by atoms with van der Waals surface area (Å²) in [5, 5.41) is 16.2. The van der Waals surface area contributed by atoms with Crippen LogP contribution in [0.25, 0.3) is 0 Å². The van der Waals surface area contributed by atoms with Gasteiger partial charge in [-0.15, -0.1) is 0 Å². The van der Waals surface area contributed by atoms with Crippen molar-refractivity contribution < 1.29 is 14.7 Å². The molecule has 0 aliphatic heterocycles. The molecule has 1 aromatic heterocycles. The summed E-state index contributed by atoms with van der Waals surface area (Å²) in [6.07, 6.45) is 5.04. The van der Waals surface area contributed by atoms with E-state index in [4.69, 9.17) is 5.11 Å². The van der Waals surface area contributed by atoms with Crippen molar-refractivity contribution in [2.75, 3.05) is 0 Å². The normalized spacial score (nSPS) is 18.3. The third-order valence-corrected chi connectivity index (χ3v) is 4.99. The van der Waals surface area contributed by atoms with E-state index in [-0.39, 0.29) is 23.8 Å². The van der Waals surface area contributed by atoms with Gasteiger partial charge in [0.15, 0.2) is 0 Å². The number of carboxylic acid groups (broad SMARTS) is 1. The molecule has 1 aliphatic carbocycles. The van der Waals surface area contributed by atoms with Gasteiger partial charge in [-0.05, 0) is 54.0 Å². The first-order chi connectivity index (χ1) is 9.99. The highest BCUT2D eigenvalue weighted by molar-refractivity contribution is 7.07. The summed E-state index contributed by atoms with van der Waals surface area (Å²) >= 11 is 1.65. The quantitative estimate of drug-likeness (QED) is 0.812. The largest absolute Gasteiger partial charge is 0.481 e. The van der Waals surface area contributed by atoms with Crippen molar-refractivity contribution in [1.82, 2.24) is 5.32 Å². The SMILES string of the molecule is CC(Cc1ccsc1)NC(=O)CC1(CC(=O)O)CCCC1. The van der Waals surface area contributed by atoms with Crippen LogP contribution in [0, 0.1) is 5.41 Å². The molecule has 1 unspecified atom stereocenters. The van der Waals surface area contributed by atoms with E-state index in [0.717, 1.165) is 32.1 Å². The molecule has 1 amide bonds. The molecule has 2 N–H and O–H groups in total. The molecule has 0 aromatic carbocycles. The minimum atomic E-state index is -0.795. The summed E-state index contributed by atoms with van der Waals surface area (Å²) in [7, 11) is 0. The zero-order valence-electron chi connectivity index (χ0n) is 12.4. The number of carbonyl (C=O) groups excluding carboxylic acids is 1. The summed E-state index contributed by atoms with van der Waals surface area (Å²) in [6.45, 7) is 1.99. The topological polar surface area (TPSA) is 66.4 Å². The first-order valence-corrected chi connectivity index (χ1v) is 8.46. The van der Waals surface area contributed by atoms with Gasteiger partial charge >= 0.3 is 5.97 Å². The molecular weight excluding hydrogens is 286 g/mol. The molecule has 0 spiro atoms. The van der Waals surface area contributed by atoms with Gasteiger partial charge in [-0.25, -0.2) is 0 Å². The maximum atomic E-state index is 12.2. The van der Waals surface area contributed by atoms with Crippen LogP contribution in [-0.4, -0.2) is 23.0 Å². The molecule has 1 atom stereocenters. The summed E-state index contributed by atoms with van der Waals surface area (Å²) in [4.78, 5) is 23.3. The summed E-state index contributed by atoms with van der Waals surface area (Å²) in [6, 6.07) is 2.14. The van der Waals surface area contributed by atoms with Gasteiger partial charge < -0.3 is 10.4 Å². The Labute approximate surface area is 129 Å². The van der Waals surface area contributed by atoms with Crippen LogP contribution in [0.15, 0.2) is 16.8 Å². The van der Waals surface area contributed by atoms with Crippen molar-refractivity contribution in [3.05, 3.63) is 22.4 Å². The number of hydrogen-bond donors (Lipinski definition) is 2. The number of carboxylic acids is 1. The Bertz CT molecular complexity index is 478. The van der Waals surface area contributed by atoms with E-state index in [9.17, 15) is 9.59 Å². The zero-order valence-corrected chi connectivity index (χ0v) is 13.2. The van der Waals surface area contributed by atoms with Crippen molar-refractivity contribution in [2.24, 2.45) is 5.41 Å². The number of aliphatic carboxylic acids is 1. The molecule has 116 valence electrons. The summed E-state index contributed by atoms with van der Waals surface area (Å²) in [5.41, 5.74) is 0.909. The average molecular weight is 309 g/mol. The molecule has 1 aliphatic rings. The lowest BCUT2D eigenvalue weighted by molar-refractivity contribution is -0.140. The van der Waals surface area contributed by atoms with Crippen LogP contribution in [-0.2, 0) is 16.0 Å². The third-order valence-electron chi connectivity index (χ3n) is 4.26. The van der Waals surface area contributed by atoms with Crippen LogP contribution >= 0.6 is 11.3 Å². The van der Waals surface area contributed by atoms with Gasteiger partial charge in [0.05, 0.1) is 6.42 Å². The molecule has 0 saturated heterocycles. The number of thiophene rings is 1. The van der Waals surface area contributed by atoms with Crippen molar-refractivity contribution in [3.63, 3.8) is 0 Å². The van der Waals surface area contributed by atoms with Crippen molar-refractivity contribution >= 4 is 23.2 Å². The minimum Gasteiger partial charge on any atom is -0.481 e. The lowest BCUT2D eigenvalue weighted by Crippen LogP contribution is -2.37. The van der Waals surface area contributed by atoms with Crippen LogP contribution in [0.3, 0.4) is 0 Å². The third kappa shape index (κ3) is 4.84. The summed E-state index contributed by atoms with van der Waals surface area (Å²) in [5.74, 6) is -0.808. The van der Waals surface area contributed by atoms with Crippen LogP contribution in [0.2, 0.25) is 0 Å². The predicted molar refractivity (Wildman–Crippen MR) is 83.4 cm³/mol. The number of hydrogen-bond acceptors (Lipinski definition) is 3. The molecule has 4 nitrogen and oxygen atoms in total. The van der Waals surface area contributed by atoms with Gasteiger partial charge in [0.2, 0.25) is 5.91 Å². The lowest BCUT2D eigenvalue weighted by Gasteiger charge is -2.27. The van der Waals surface area contributed by atoms with Crippen LogP contribution in [0.5, 0.6) is 0 Å². The standard InChI is InChI=1S/C16H23NO3S/c1-12(8-13-4-7-21-11-13)17-14(18)9-16(10-15(19)20)5-2-3-6-16/h4,7,11-12H,2-3,5-6,8-10H2,1H3,(H,17,18)(H,19,20). The smallest absolute Gasteiger partial charge is 0.303 e. The second-order valence-corrected chi connectivity index (χ2v) is 7.04. The van der Waals surface area contributed by atoms with Gasteiger partial charge in [0.1, 0.15) is 0 Å². The molecule has 21 heavy (non-hydrogen) atoms. The maximum absolute atomic E-state index is 12.2. The Morgan fingerprint density at radius 3 is 2.67 bits per heavy atom. The molecule has 1 saturated carbocycles. The first kappa shape index (κ1) is 16.0. The van der Waals surface area contributed by atoms with Crippen LogP contribution < -0.4 is 5.32 Å². The Balaban J connectivity index is 1.86. The highest BCUT2D eigenvalue weighted by Gasteiger charge is 2.38. The first-order valence-electron chi connectivity index (χ1n) is 7.51. The van der Waals surface area contributed by atoms with Gasteiger partial charge in [-0.2, -0.15) is 11.3 Å². The molecule has 0 bridgehead atoms. The Morgan fingerprint density at radius 2 is 2.10 bits per heavy atom. The van der Waals surface area contributed by atoms with Crippen molar-refractivity contribution in [3.8, 4) is 0 Å². The molecule has 1 fully saturated rings. The van der Waals surface area contributed by atoms with Gasteiger partial charge in [0, 0.05) is 12.5 Å². The Hall–Kier alpha value is -1.36. The fraction of sp³-hybridized carbons (Fsp3) is 0.625. The van der Waals surface area contributed by atoms with E-state index in [1.165, 1.54) is 5.56 Å². The van der Waals surface area contributed by atoms with E-state index in [1.54, 1.807) is 11.3 Å². The monoisotopic (exact) mass is 309 g/mol. The van der Waals surface area contributed by atoms with Crippen LogP contribution in [0.4, 0.5) is 0 Å². The van der Waals surface area contributed by atoms with Crippen LogP contribution in [0.1, 0.15) is 51.0 Å². The molecular formula is C16H23NO3S. The highest BCUT2D eigenvalue weighted by atomic mass is 32.1. The highest BCUT2D eigenvalue weighted by Crippen LogP contribution is 2.44. The number of nitrogens with one attached hydrogen (secondary N) is 1. The minimum absolute atomic E-state index is 0.0131. The number of carbonyl (C=O) groups is 2. The molecule has 1 aromatic rings. The zero-order chi connectivity index (χ0) is 15.3. The van der Waals surface area contributed by atoms with E-state index >= 15 is 0 Å². The molecule has 2 rings (SSSR count). The molecule has 0 radical (unpaired) electrons. The fourth-order valence-electron chi connectivity index (χ4n) is 3.34. The number of amides is 1. The van der Waals surface area contributed by atoms with Crippen molar-refractivity contribution in [1.29, 1.82) is 0 Å². The average Bonchev–Trinajstić information content (AvgIpc) is 3.00. The second kappa shape index (κ2) is 7.07. The van der Waals surface area contributed by atoms with E-state index < -0.39 is 5.97 Å². The Morgan fingerprint density at radius 1 is 1.38 bits per heavy atom. The van der Waals surface area contributed by atoms with E-state index in [2.05, 4.69) is 16.8 Å².